The Labute approximate surface area is 94.3 Å². The van der Waals surface area contributed by atoms with Crippen molar-refractivity contribution in [3.05, 3.63) is 35.6 Å². The van der Waals surface area contributed by atoms with Crippen molar-refractivity contribution in [3.8, 4) is 0 Å². The number of carbonyl (C=O) groups is 1. The summed E-state index contributed by atoms with van der Waals surface area (Å²) in [5, 5.41) is 9.70. The molecule has 0 aliphatic heterocycles. The summed E-state index contributed by atoms with van der Waals surface area (Å²) >= 11 is 0. The highest BCUT2D eigenvalue weighted by Gasteiger charge is 2.20. The standard InChI is InChI=1S/C11H10O4S/c1-16(14)6-8-7-4-2-3-5-9(7)15-10(8)11(12)13/h2-5H,6H2,1H3,(H,12,13)/t16-/m1/s1. The summed E-state index contributed by atoms with van der Waals surface area (Å²) in [4.78, 5) is 11.0. The molecule has 0 radical (unpaired) electrons. The molecule has 1 aromatic heterocycles. The Bertz CT molecular complexity index is 570. The lowest BCUT2D eigenvalue weighted by molar-refractivity contribution is 0.0664. The minimum Gasteiger partial charge on any atom is -0.475 e. The SMILES string of the molecule is C[S@@](=O)Cc1c(C(=O)O)oc2ccccc12. The van der Waals surface area contributed by atoms with Gasteiger partial charge in [0.2, 0.25) is 5.76 Å². The number of furan rings is 1. The van der Waals surface area contributed by atoms with E-state index in [1.807, 2.05) is 0 Å². The molecule has 0 saturated carbocycles. The number of benzene rings is 1. The van der Waals surface area contributed by atoms with Gasteiger partial charge in [-0.3, -0.25) is 4.21 Å². The summed E-state index contributed by atoms with van der Waals surface area (Å²) in [6.07, 6.45) is 1.54. The maximum Gasteiger partial charge on any atom is 0.372 e. The van der Waals surface area contributed by atoms with Crippen LogP contribution in [-0.2, 0) is 16.6 Å². The van der Waals surface area contributed by atoms with Gasteiger partial charge in [0.1, 0.15) is 5.58 Å². The van der Waals surface area contributed by atoms with E-state index in [2.05, 4.69) is 0 Å². The second kappa shape index (κ2) is 4.09. The summed E-state index contributed by atoms with van der Waals surface area (Å²) < 4.78 is 16.4. The molecule has 0 aliphatic carbocycles. The minimum atomic E-state index is -1.13. The largest absolute Gasteiger partial charge is 0.475 e. The molecular weight excluding hydrogens is 228 g/mol. The highest BCUT2D eigenvalue weighted by Crippen LogP contribution is 2.26. The van der Waals surface area contributed by atoms with Gasteiger partial charge in [0, 0.05) is 28.0 Å². The van der Waals surface area contributed by atoms with Crippen molar-refractivity contribution in [1.82, 2.24) is 0 Å². The lowest BCUT2D eigenvalue weighted by Gasteiger charge is -1.96. The Morgan fingerprint density at radius 3 is 2.75 bits per heavy atom. The Balaban J connectivity index is 2.69. The van der Waals surface area contributed by atoms with Crippen molar-refractivity contribution >= 4 is 27.7 Å². The van der Waals surface area contributed by atoms with Gasteiger partial charge in [-0.15, -0.1) is 0 Å². The van der Waals surface area contributed by atoms with Crippen LogP contribution in [0.25, 0.3) is 11.0 Å². The van der Waals surface area contributed by atoms with Gasteiger partial charge >= 0.3 is 5.97 Å². The average molecular weight is 238 g/mol. The maximum atomic E-state index is 11.2. The maximum absolute atomic E-state index is 11.2. The fourth-order valence-corrected chi connectivity index (χ4v) is 2.31. The number of hydrogen-bond acceptors (Lipinski definition) is 3. The van der Waals surface area contributed by atoms with Crippen LogP contribution in [0.2, 0.25) is 0 Å². The zero-order valence-corrected chi connectivity index (χ0v) is 9.41. The quantitative estimate of drug-likeness (QED) is 0.888. The van der Waals surface area contributed by atoms with Crippen molar-refractivity contribution in [3.63, 3.8) is 0 Å². The summed E-state index contributed by atoms with van der Waals surface area (Å²) in [5.41, 5.74) is 1.02. The number of carboxylic acid groups (broad SMARTS) is 1. The Morgan fingerprint density at radius 1 is 1.44 bits per heavy atom. The van der Waals surface area contributed by atoms with Gasteiger partial charge in [0.15, 0.2) is 0 Å². The van der Waals surface area contributed by atoms with E-state index in [1.54, 1.807) is 24.3 Å². The second-order valence-electron chi connectivity index (χ2n) is 3.43. The molecule has 0 amide bonds. The van der Waals surface area contributed by atoms with Gasteiger partial charge in [-0.2, -0.15) is 0 Å². The van der Waals surface area contributed by atoms with Crippen molar-refractivity contribution in [2.45, 2.75) is 5.75 Å². The van der Waals surface area contributed by atoms with E-state index >= 15 is 0 Å². The molecule has 2 rings (SSSR count). The van der Waals surface area contributed by atoms with Crippen molar-refractivity contribution in [1.29, 1.82) is 0 Å². The van der Waals surface area contributed by atoms with E-state index in [4.69, 9.17) is 9.52 Å². The molecule has 84 valence electrons. The van der Waals surface area contributed by atoms with Crippen LogP contribution in [0.15, 0.2) is 28.7 Å². The van der Waals surface area contributed by atoms with Crippen LogP contribution in [0.5, 0.6) is 0 Å². The lowest BCUT2D eigenvalue weighted by atomic mass is 10.1. The molecule has 2 aromatic rings. The Kier molecular flexibility index (Phi) is 2.78. The van der Waals surface area contributed by atoms with Gasteiger partial charge in [-0.25, -0.2) is 4.79 Å². The Hall–Kier alpha value is -1.62. The normalized spacial score (nSPS) is 12.8. The number of para-hydroxylation sites is 1. The third kappa shape index (κ3) is 1.86. The lowest BCUT2D eigenvalue weighted by Crippen LogP contribution is -2.01. The monoisotopic (exact) mass is 238 g/mol. The number of aromatic carboxylic acids is 1. The number of hydrogen-bond donors (Lipinski definition) is 1. The van der Waals surface area contributed by atoms with Crippen LogP contribution in [0, 0.1) is 0 Å². The van der Waals surface area contributed by atoms with Crippen molar-refractivity contribution in [2.75, 3.05) is 6.26 Å². The van der Waals surface area contributed by atoms with E-state index in [1.165, 1.54) is 6.26 Å². The van der Waals surface area contributed by atoms with Crippen LogP contribution >= 0.6 is 0 Å². The average Bonchev–Trinajstić information content (AvgIpc) is 2.57. The van der Waals surface area contributed by atoms with Crippen molar-refractivity contribution in [2.24, 2.45) is 0 Å². The molecule has 0 spiro atoms. The van der Waals surface area contributed by atoms with Gasteiger partial charge in [0.25, 0.3) is 0 Å². The molecule has 0 unspecified atom stereocenters. The molecular formula is C11H10O4S. The smallest absolute Gasteiger partial charge is 0.372 e. The topological polar surface area (TPSA) is 67.5 Å². The van der Waals surface area contributed by atoms with Crippen molar-refractivity contribution < 1.29 is 18.5 Å². The van der Waals surface area contributed by atoms with Gasteiger partial charge in [0.05, 0.1) is 5.75 Å². The second-order valence-corrected chi connectivity index (χ2v) is 4.86. The van der Waals surface area contributed by atoms with Gasteiger partial charge < -0.3 is 9.52 Å². The molecule has 0 aliphatic rings. The Morgan fingerprint density at radius 2 is 2.12 bits per heavy atom. The molecule has 4 nitrogen and oxygen atoms in total. The van der Waals surface area contributed by atoms with Crippen LogP contribution in [0.4, 0.5) is 0 Å². The van der Waals surface area contributed by atoms with Crippen LogP contribution in [0.1, 0.15) is 16.1 Å². The van der Waals surface area contributed by atoms with E-state index in [0.717, 1.165) is 5.39 Å². The summed E-state index contributed by atoms with van der Waals surface area (Å²) in [7, 11) is -1.10. The first-order chi connectivity index (χ1) is 7.59. The van der Waals surface area contributed by atoms with Gasteiger partial charge in [-0.1, -0.05) is 18.2 Å². The zero-order valence-electron chi connectivity index (χ0n) is 8.60. The van der Waals surface area contributed by atoms with E-state index < -0.39 is 16.8 Å². The van der Waals surface area contributed by atoms with Crippen LogP contribution < -0.4 is 0 Å². The fourth-order valence-electron chi connectivity index (χ4n) is 1.62. The van der Waals surface area contributed by atoms with E-state index in [-0.39, 0.29) is 11.5 Å². The fraction of sp³-hybridized carbons (Fsp3) is 0.182. The number of fused-ring (bicyclic) bond motifs is 1. The predicted octanol–water partition coefficient (Wildman–Crippen LogP) is 2.01. The molecule has 16 heavy (non-hydrogen) atoms. The van der Waals surface area contributed by atoms with E-state index in [0.29, 0.717) is 11.1 Å². The third-order valence-electron chi connectivity index (χ3n) is 2.24. The first-order valence-electron chi connectivity index (χ1n) is 4.63. The zero-order chi connectivity index (χ0) is 11.7. The summed E-state index contributed by atoms with van der Waals surface area (Å²) in [5.74, 6) is -1.05. The molecule has 0 fully saturated rings. The van der Waals surface area contributed by atoms with Gasteiger partial charge in [-0.05, 0) is 6.07 Å². The molecule has 0 saturated heterocycles. The molecule has 1 atom stereocenters. The molecule has 1 N–H and O–H groups in total. The summed E-state index contributed by atoms with van der Waals surface area (Å²) in [6.45, 7) is 0. The minimum absolute atomic E-state index is 0.114. The first kappa shape index (κ1) is 10.9. The van der Waals surface area contributed by atoms with Crippen LogP contribution in [-0.4, -0.2) is 21.5 Å². The summed E-state index contributed by atoms with van der Waals surface area (Å²) in [6, 6.07) is 7.03. The predicted molar refractivity (Wildman–Crippen MR) is 60.9 cm³/mol. The highest BCUT2D eigenvalue weighted by atomic mass is 32.2. The first-order valence-corrected chi connectivity index (χ1v) is 6.36. The molecule has 1 heterocycles. The molecule has 1 aromatic carbocycles. The highest BCUT2D eigenvalue weighted by molar-refractivity contribution is 7.83. The van der Waals surface area contributed by atoms with E-state index in [9.17, 15) is 9.00 Å². The molecule has 0 bridgehead atoms. The number of carboxylic acids is 1. The third-order valence-corrected chi connectivity index (χ3v) is 2.94. The number of rotatable bonds is 3. The molecule has 5 heteroatoms. The van der Waals surface area contributed by atoms with Crippen LogP contribution in [0.3, 0.4) is 0 Å².